The molecule has 3 atom stereocenters. The molecule has 0 unspecified atom stereocenters. The standard InChI is InChI=1S/C9H11ClO2/c10-8-6-1-2-7(5-6)9(8)11-3-4-12-9/h1-2,6-8H,3-5H2/t6-,7+,8+/m1/s1. The lowest BCUT2D eigenvalue weighted by Gasteiger charge is -2.32. The molecule has 2 fully saturated rings. The summed E-state index contributed by atoms with van der Waals surface area (Å²) in [6.07, 6.45) is 5.49. The molecule has 3 heteroatoms. The van der Waals surface area contributed by atoms with Gasteiger partial charge in [-0.15, -0.1) is 11.6 Å². The fraction of sp³-hybridized carbons (Fsp3) is 0.778. The molecule has 1 aliphatic heterocycles. The second-order valence-electron chi connectivity index (χ2n) is 3.71. The zero-order valence-electron chi connectivity index (χ0n) is 6.70. The van der Waals surface area contributed by atoms with Crippen LogP contribution in [0, 0.1) is 11.8 Å². The molecule has 66 valence electrons. The van der Waals surface area contributed by atoms with Crippen molar-refractivity contribution in [2.75, 3.05) is 13.2 Å². The van der Waals surface area contributed by atoms with E-state index in [1.54, 1.807) is 0 Å². The largest absolute Gasteiger partial charge is 0.345 e. The zero-order chi connectivity index (χ0) is 8.18. The Morgan fingerprint density at radius 2 is 2.00 bits per heavy atom. The summed E-state index contributed by atoms with van der Waals surface area (Å²) >= 11 is 6.27. The molecule has 0 aromatic heterocycles. The van der Waals surface area contributed by atoms with Crippen LogP contribution in [0.2, 0.25) is 0 Å². The number of allylic oxidation sites excluding steroid dienone is 1. The topological polar surface area (TPSA) is 18.5 Å². The second kappa shape index (κ2) is 2.25. The lowest BCUT2D eigenvalue weighted by molar-refractivity contribution is -0.170. The van der Waals surface area contributed by atoms with Crippen molar-refractivity contribution in [1.82, 2.24) is 0 Å². The van der Waals surface area contributed by atoms with E-state index in [2.05, 4.69) is 12.2 Å². The normalized spacial score (nSPS) is 47.9. The fourth-order valence-electron chi connectivity index (χ4n) is 2.56. The van der Waals surface area contributed by atoms with Gasteiger partial charge in [0.15, 0.2) is 5.79 Å². The molecule has 1 spiro atoms. The molecule has 2 aliphatic carbocycles. The Morgan fingerprint density at radius 3 is 2.58 bits per heavy atom. The summed E-state index contributed by atoms with van der Waals surface area (Å²) in [5, 5.41) is 0.0231. The molecule has 0 amide bonds. The molecule has 1 saturated heterocycles. The van der Waals surface area contributed by atoms with Crippen molar-refractivity contribution in [2.45, 2.75) is 17.6 Å². The van der Waals surface area contributed by atoms with Crippen LogP contribution in [0.4, 0.5) is 0 Å². The highest BCUT2D eigenvalue weighted by atomic mass is 35.5. The Kier molecular flexibility index (Phi) is 1.38. The van der Waals surface area contributed by atoms with E-state index >= 15 is 0 Å². The molecule has 2 bridgehead atoms. The minimum Gasteiger partial charge on any atom is -0.345 e. The molecule has 0 aromatic rings. The number of hydrogen-bond donors (Lipinski definition) is 0. The molecular formula is C9H11ClO2. The minimum absolute atomic E-state index is 0.0231. The third kappa shape index (κ3) is 0.691. The predicted octanol–water partition coefficient (Wildman–Crippen LogP) is 1.54. The highest BCUT2D eigenvalue weighted by Crippen LogP contribution is 2.53. The van der Waals surface area contributed by atoms with Crippen molar-refractivity contribution in [3.05, 3.63) is 12.2 Å². The van der Waals surface area contributed by atoms with Gasteiger partial charge in [0.1, 0.15) is 0 Å². The van der Waals surface area contributed by atoms with Gasteiger partial charge in [-0.3, -0.25) is 0 Å². The van der Waals surface area contributed by atoms with Crippen molar-refractivity contribution in [1.29, 1.82) is 0 Å². The van der Waals surface area contributed by atoms with E-state index in [0.717, 1.165) is 6.42 Å². The highest BCUT2D eigenvalue weighted by molar-refractivity contribution is 6.22. The molecule has 3 aliphatic rings. The van der Waals surface area contributed by atoms with Crippen LogP contribution in [0.25, 0.3) is 0 Å². The van der Waals surface area contributed by atoms with Gasteiger partial charge >= 0.3 is 0 Å². The van der Waals surface area contributed by atoms with Gasteiger partial charge in [0.25, 0.3) is 0 Å². The maximum Gasteiger partial charge on any atom is 0.191 e. The van der Waals surface area contributed by atoms with Crippen LogP contribution in [0.1, 0.15) is 6.42 Å². The number of hydrogen-bond acceptors (Lipinski definition) is 2. The number of rotatable bonds is 0. The summed E-state index contributed by atoms with van der Waals surface area (Å²) in [6.45, 7) is 1.39. The molecule has 12 heavy (non-hydrogen) atoms. The Morgan fingerprint density at radius 1 is 1.25 bits per heavy atom. The quantitative estimate of drug-likeness (QED) is 0.422. The summed E-state index contributed by atoms with van der Waals surface area (Å²) in [6, 6.07) is 0. The highest BCUT2D eigenvalue weighted by Gasteiger charge is 2.59. The van der Waals surface area contributed by atoms with Crippen LogP contribution in [0.15, 0.2) is 12.2 Å². The van der Waals surface area contributed by atoms with Gasteiger partial charge in [-0.05, 0) is 12.3 Å². The van der Waals surface area contributed by atoms with Gasteiger partial charge in [0.2, 0.25) is 0 Å². The third-order valence-electron chi connectivity index (χ3n) is 3.13. The lowest BCUT2D eigenvalue weighted by Crippen LogP contribution is -2.43. The summed E-state index contributed by atoms with van der Waals surface area (Å²) in [5.74, 6) is 0.406. The first-order valence-electron chi connectivity index (χ1n) is 4.43. The number of alkyl halides is 1. The smallest absolute Gasteiger partial charge is 0.191 e. The van der Waals surface area contributed by atoms with Crippen LogP contribution >= 0.6 is 11.6 Å². The van der Waals surface area contributed by atoms with Gasteiger partial charge in [-0.1, -0.05) is 12.2 Å². The van der Waals surface area contributed by atoms with E-state index in [9.17, 15) is 0 Å². The van der Waals surface area contributed by atoms with Gasteiger partial charge in [0.05, 0.1) is 18.6 Å². The molecule has 0 aromatic carbocycles. The molecule has 3 rings (SSSR count). The average Bonchev–Trinajstić information content (AvgIpc) is 2.75. The van der Waals surface area contributed by atoms with Crippen molar-refractivity contribution in [3.63, 3.8) is 0 Å². The van der Waals surface area contributed by atoms with Gasteiger partial charge in [-0.2, -0.15) is 0 Å². The predicted molar refractivity (Wildman–Crippen MR) is 45.0 cm³/mol. The van der Waals surface area contributed by atoms with Gasteiger partial charge in [-0.25, -0.2) is 0 Å². The Labute approximate surface area is 76.5 Å². The lowest BCUT2D eigenvalue weighted by atomic mass is 10.00. The van der Waals surface area contributed by atoms with E-state index in [-0.39, 0.29) is 5.38 Å². The van der Waals surface area contributed by atoms with Crippen molar-refractivity contribution >= 4 is 11.6 Å². The molecule has 2 nitrogen and oxygen atoms in total. The van der Waals surface area contributed by atoms with Crippen LogP contribution in [0.3, 0.4) is 0 Å². The summed E-state index contributed by atoms with van der Waals surface area (Å²) in [5.41, 5.74) is 0. The van der Waals surface area contributed by atoms with Crippen molar-refractivity contribution in [2.24, 2.45) is 11.8 Å². The Hall–Kier alpha value is -0.0500. The monoisotopic (exact) mass is 186 g/mol. The third-order valence-corrected chi connectivity index (χ3v) is 3.76. The van der Waals surface area contributed by atoms with E-state index in [0.29, 0.717) is 25.0 Å². The molecule has 1 heterocycles. The van der Waals surface area contributed by atoms with Crippen molar-refractivity contribution < 1.29 is 9.47 Å². The SMILES string of the molecule is Cl[C@H]1[C@@H]2C=C[C@@H](C2)C12OCCO2. The first kappa shape index (κ1) is 7.36. The first-order chi connectivity index (χ1) is 5.83. The zero-order valence-corrected chi connectivity index (χ0v) is 7.46. The number of halogens is 1. The van der Waals surface area contributed by atoms with E-state index < -0.39 is 5.79 Å². The second-order valence-corrected chi connectivity index (χ2v) is 4.18. The summed E-state index contributed by atoms with van der Waals surface area (Å²) < 4.78 is 11.3. The molecular weight excluding hydrogens is 176 g/mol. The average molecular weight is 187 g/mol. The van der Waals surface area contributed by atoms with Crippen LogP contribution in [-0.2, 0) is 9.47 Å². The Bertz CT molecular complexity index is 233. The van der Waals surface area contributed by atoms with E-state index in [1.807, 2.05) is 0 Å². The summed E-state index contributed by atoms with van der Waals surface area (Å²) in [7, 11) is 0. The molecule has 0 N–H and O–H groups in total. The first-order valence-corrected chi connectivity index (χ1v) is 4.87. The van der Waals surface area contributed by atoms with E-state index in [1.165, 1.54) is 0 Å². The van der Waals surface area contributed by atoms with Gasteiger partial charge < -0.3 is 9.47 Å². The number of ether oxygens (including phenoxy) is 2. The minimum atomic E-state index is -0.457. The molecule has 0 radical (unpaired) electrons. The summed E-state index contributed by atoms with van der Waals surface area (Å²) in [4.78, 5) is 0. The number of fused-ring (bicyclic) bond motifs is 3. The molecule has 1 saturated carbocycles. The van der Waals surface area contributed by atoms with Crippen LogP contribution < -0.4 is 0 Å². The Balaban J connectivity index is 2.00. The van der Waals surface area contributed by atoms with Crippen molar-refractivity contribution in [3.8, 4) is 0 Å². The maximum atomic E-state index is 6.27. The van der Waals surface area contributed by atoms with E-state index in [4.69, 9.17) is 21.1 Å². The maximum absolute atomic E-state index is 6.27. The van der Waals surface area contributed by atoms with Gasteiger partial charge in [0, 0.05) is 5.92 Å². The van der Waals surface area contributed by atoms with Crippen LogP contribution in [-0.4, -0.2) is 24.4 Å². The fourth-order valence-corrected chi connectivity index (χ4v) is 3.04. The van der Waals surface area contributed by atoms with Crippen LogP contribution in [0.5, 0.6) is 0 Å².